The number of carbonyl (C=O) groups excluding carboxylic acids is 1. The van der Waals surface area contributed by atoms with Gasteiger partial charge >= 0.3 is 0 Å². The van der Waals surface area contributed by atoms with Gasteiger partial charge in [0.25, 0.3) is 5.91 Å². The smallest absolute Gasteiger partial charge is 0.255 e. The molecule has 0 bridgehead atoms. The van der Waals surface area contributed by atoms with Gasteiger partial charge in [0.15, 0.2) is 6.10 Å². The summed E-state index contributed by atoms with van der Waals surface area (Å²) >= 11 is 3.40. The zero-order valence-corrected chi connectivity index (χ0v) is 11.6. The lowest BCUT2D eigenvalue weighted by Crippen LogP contribution is -2.39. The quantitative estimate of drug-likeness (QED) is 0.865. The first kappa shape index (κ1) is 13.5. The van der Waals surface area contributed by atoms with Crippen LogP contribution < -0.4 is 5.32 Å². The summed E-state index contributed by atoms with van der Waals surface area (Å²) in [6, 6.07) is 7.82. The van der Waals surface area contributed by atoms with Crippen molar-refractivity contribution in [3.63, 3.8) is 0 Å². The largest absolute Gasteiger partial charge is 0.376 e. The van der Waals surface area contributed by atoms with E-state index in [2.05, 4.69) is 21.2 Å². The number of alkyl halides is 1. The van der Waals surface area contributed by atoms with Crippen molar-refractivity contribution in [2.75, 3.05) is 30.5 Å². The molecular formula is C13H16BrNO3. The maximum Gasteiger partial charge on any atom is 0.255 e. The van der Waals surface area contributed by atoms with Crippen molar-refractivity contribution in [3.05, 3.63) is 29.8 Å². The molecule has 1 fully saturated rings. The molecule has 4 nitrogen and oxygen atoms in total. The van der Waals surface area contributed by atoms with Crippen LogP contribution in [0.4, 0.5) is 5.69 Å². The monoisotopic (exact) mass is 313 g/mol. The molecule has 1 aliphatic heterocycles. The van der Waals surface area contributed by atoms with Crippen LogP contribution in [0.2, 0.25) is 0 Å². The highest BCUT2D eigenvalue weighted by atomic mass is 79.9. The first-order chi connectivity index (χ1) is 8.79. The maximum atomic E-state index is 11.9. The van der Waals surface area contributed by atoms with E-state index in [9.17, 15) is 4.79 Å². The van der Waals surface area contributed by atoms with Crippen molar-refractivity contribution >= 4 is 27.5 Å². The summed E-state index contributed by atoms with van der Waals surface area (Å²) in [5.74, 6) is -0.150. The lowest BCUT2D eigenvalue weighted by Gasteiger charge is -2.22. The van der Waals surface area contributed by atoms with Gasteiger partial charge in [0.05, 0.1) is 19.8 Å². The molecule has 1 aromatic carbocycles. The third kappa shape index (κ3) is 3.80. The number of halogens is 1. The van der Waals surface area contributed by atoms with Gasteiger partial charge in [0, 0.05) is 11.0 Å². The molecule has 98 valence electrons. The normalized spacial score (nSPS) is 19.5. The third-order valence-electron chi connectivity index (χ3n) is 2.71. The fourth-order valence-electron chi connectivity index (χ4n) is 1.73. The minimum atomic E-state index is -0.499. The zero-order valence-electron chi connectivity index (χ0n) is 10.0. The number of anilines is 1. The first-order valence-electron chi connectivity index (χ1n) is 5.94. The second-order valence-corrected chi connectivity index (χ2v) is 4.85. The van der Waals surface area contributed by atoms with E-state index in [0.717, 1.165) is 17.4 Å². The molecule has 1 saturated heterocycles. The minimum Gasteiger partial charge on any atom is -0.376 e. The average molecular weight is 314 g/mol. The molecule has 0 spiro atoms. The van der Waals surface area contributed by atoms with E-state index in [1.165, 1.54) is 5.56 Å². The molecule has 0 aromatic heterocycles. The minimum absolute atomic E-state index is 0.150. The summed E-state index contributed by atoms with van der Waals surface area (Å²) < 4.78 is 10.5. The van der Waals surface area contributed by atoms with E-state index in [-0.39, 0.29) is 5.91 Å². The Morgan fingerprint density at radius 3 is 2.72 bits per heavy atom. The Bertz CT molecular complexity index is 388. The number of aryl methyl sites for hydroxylation is 1. The first-order valence-corrected chi connectivity index (χ1v) is 7.07. The van der Waals surface area contributed by atoms with Crippen molar-refractivity contribution in [1.82, 2.24) is 0 Å². The highest BCUT2D eigenvalue weighted by molar-refractivity contribution is 9.09. The van der Waals surface area contributed by atoms with Crippen molar-refractivity contribution in [2.45, 2.75) is 12.5 Å². The maximum absolute atomic E-state index is 11.9. The van der Waals surface area contributed by atoms with Gasteiger partial charge in [-0.25, -0.2) is 0 Å². The van der Waals surface area contributed by atoms with Crippen LogP contribution in [0.15, 0.2) is 24.3 Å². The van der Waals surface area contributed by atoms with Crippen LogP contribution in [0.3, 0.4) is 0 Å². The van der Waals surface area contributed by atoms with E-state index in [4.69, 9.17) is 9.47 Å². The molecule has 1 unspecified atom stereocenters. The van der Waals surface area contributed by atoms with Crippen LogP contribution in [0.25, 0.3) is 0 Å². The fraction of sp³-hybridized carbons (Fsp3) is 0.462. The Morgan fingerprint density at radius 1 is 1.33 bits per heavy atom. The summed E-state index contributed by atoms with van der Waals surface area (Å²) in [5, 5.41) is 3.76. The van der Waals surface area contributed by atoms with Gasteiger partial charge in [-0.3, -0.25) is 4.79 Å². The molecular weight excluding hydrogens is 298 g/mol. The van der Waals surface area contributed by atoms with Gasteiger partial charge in [0.1, 0.15) is 0 Å². The number of amides is 1. The number of nitrogens with one attached hydrogen (secondary N) is 1. The number of benzene rings is 1. The summed E-state index contributed by atoms with van der Waals surface area (Å²) in [6.45, 7) is 1.36. The van der Waals surface area contributed by atoms with Crippen LogP contribution in [0, 0.1) is 0 Å². The Kier molecular flexibility index (Phi) is 5.16. The fourth-order valence-corrected chi connectivity index (χ4v) is 2.18. The molecule has 1 aliphatic rings. The lowest BCUT2D eigenvalue weighted by atomic mass is 10.1. The van der Waals surface area contributed by atoms with Crippen LogP contribution >= 0.6 is 15.9 Å². The molecule has 0 aliphatic carbocycles. The van der Waals surface area contributed by atoms with Gasteiger partial charge in [-0.2, -0.15) is 0 Å². The highest BCUT2D eigenvalue weighted by Crippen LogP contribution is 2.12. The summed E-state index contributed by atoms with van der Waals surface area (Å²) in [4.78, 5) is 11.9. The average Bonchev–Trinajstić information content (AvgIpc) is 2.42. The molecule has 1 heterocycles. The van der Waals surface area contributed by atoms with Crippen LogP contribution in [-0.4, -0.2) is 37.2 Å². The van der Waals surface area contributed by atoms with Gasteiger partial charge in [-0.15, -0.1) is 0 Å². The summed E-state index contributed by atoms with van der Waals surface area (Å²) in [5.41, 5.74) is 2.02. The number of hydrogen-bond donors (Lipinski definition) is 1. The van der Waals surface area contributed by atoms with Gasteiger partial charge in [-0.05, 0) is 24.1 Å². The number of ether oxygens (including phenoxy) is 2. The molecule has 1 atom stereocenters. The molecule has 1 amide bonds. The molecule has 0 radical (unpaired) electrons. The standard InChI is InChI=1S/C13H16BrNO3/c14-6-5-10-1-3-11(4-2-10)15-13(16)12-9-17-7-8-18-12/h1-4,12H,5-9H2,(H,15,16). The highest BCUT2D eigenvalue weighted by Gasteiger charge is 2.22. The number of rotatable bonds is 4. The Morgan fingerprint density at radius 2 is 2.11 bits per heavy atom. The Balaban J connectivity index is 1.89. The van der Waals surface area contributed by atoms with Crippen molar-refractivity contribution < 1.29 is 14.3 Å². The zero-order chi connectivity index (χ0) is 12.8. The predicted molar refractivity (Wildman–Crippen MR) is 73.1 cm³/mol. The van der Waals surface area contributed by atoms with Gasteiger partial charge in [-0.1, -0.05) is 28.1 Å². The Hall–Kier alpha value is -0.910. The Labute approximate surface area is 115 Å². The van der Waals surface area contributed by atoms with Crippen molar-refractivity contribution in [1.29, 1.82) is 0 Å². The second-order valence-electron chi connectivity index (χ2n) is 4.06. The van der Waals surface area contributed by atoms with E-state index in [0.29, 0.717) is 19.8 Å². The van der Waals surface area contributed by atoms with Crippen molar-refractivity contribution in [3.8, 4) is 0 Å². The van der Waals surface area contributed by atoms with E-state index in [1.54, 1.807) is 0 Å². The number of carbonyl (C=O) groups is 1. The predicted octanol–water partition coefficient (Wildman–Crippen LogP) is 1.98. The molecule has 5 heteroatoms. The SMILES string of the molecule is O=C(Nc1ccc(CCBr)cc1)C1COCCO1. The molecule has 2 rings (SSSR count). The summed E-state index contributed by atoms with van der Waals surface area (Å²) in [7, 11) is 0. The summed E-state index contributed by atoms with van der Waals surface area (Å²) in [6.07, 6.45) is 0.481. The molecule has 0 saturated carbocycles. The van der Waals surface area contributed by atoms with Gasteiger partial charge in [0.2, 0.25) is 0 Å². The van der Waals surface area contributed by atoms with Crippen LogP contribution in [-0.2, 0) is 20.7 Å². The molecule has 18 heavy (non-hydrogen) atoms. The van der Waals surface area contributed by atoms with E-state index in [1.807, 2.05) is 24.3 Å². The van der Waals surface area contributed by atoms with Crippen LogP contribution in [0.5, 0.6) is 0 Å². The van der Waals surface area contributed by atoms with Crippen LogP contribution in [0.1, 0.15) is 5.56 Å². The van der Waals surface area contributed by atoms with E-state index >= 15 is 0 Å². The lowest BCUT2D eigenvalue weighted by molar-refractivity contribution is -0.142. The molecule has 1 N–H and O–H groups in total. The van der Waals surface area contributed by atoms with E-state index < -0.39 is 6.10 Å². The third-order valence-corrected chi connectivity index (χ3v) is 3.11. The molecule has 1 aromatic rings. The topological polar surface area (TPSA) is 47.6 Å². The van der Waals surface area contributed by atoms with Crippen molar-refractivity contribution in [2.24, 2.45) is 0 Å². The number of hydrogen-bond acceptors (Lipinski definition) is 3. The van der Waals surface area contributed by atoms with Gasteiger partial charge < -0.3 is 14.8 Å². The second kappa shape index (κ2) is 6.87.